The van der Waals surface area contributed by atoms with Crippen LogP contribution in [0.25, 0.3) is 0 Å². The van der Waals surface area contributed by atoms with E-state index in [0.29, 0.717) is 56.3 Å². The van der Waals surface area contributed by atoms with Crippen LogP contribution in [0.4, 0.5) is 0 Å². The maximum Gasteiger partial charge on any atom is 0.931 e. The minimum atomic E-state index is -4.54. The Hall–Kier alpha value is 0.742. The summed E-state index contributed by atoms with van der Waals surface area (Å²) in [7, 11) is -13.6. The Labute approximate surface area is 568 Å². The van der Waals surface area contributed by atoms with Gasteiger partial charge in [0.1, 0.15) is 0 Å². The number of rotatable bonds is 78. The van der Waals surface area contributed by atoms with Crippen molar-refractivity contribution in [2.24, 2.45) is 17.8 Å². The normalized spacial score (nSPS) is 15.0. The zero-order valence-electron chi connectivity index (χ0n) is 61.2. The fraction of sp³-hybridized carbons (Fsp3) is 1.00. The van der Waals surface area contributed by atoms with E-state index in [1.165, 1.54) is 57.8 Å². The molecule has 0 saturated carbocycles. The van der Waals surface area contributed by atoms with Crippen LogP contribution in [0.3, 0.4) is 0 Å². The molecule has 19 heteroatoms. The molecule has 0 rings (SSSR count). The third-order valence-electron chi connectivity index (χ3n) is 17.1. The van der Waals surface area contributed by atoms with E-state index in [2.05, 4.69) is 62.3 Å². The summed E-state index contributed by atoms with van der Waals surface area (Å²) in [5, 5.41) is 0. The van der Waals surface area contributed by atoms with Gasteiger partial charge in [-0.25, -0.2) is 13.7 Å². The molecule has 6 atom stereocenters. The van der Waals surface area contributed by atoms with Gasteiger partial charge in [0.05, 0.1) is 39.6 Å². The Morgan fingerprint density at radius 1 is 0.209 bits per heavy atom. The fourth-order valence-electron chi connectivity index (χ4n) is 11.4. The first-order valence-corrected chi connectivity index (χ1v) is 44.7. The molecule has 0 saturated heterocycles. The second kappa shape index (κ2) is 69.2. The highest BCUT2D eigenvalue weighted by Crippen LogP contribution is 2.59. The standard InChI is InChI=1S/3C24H51O5P.Al/c3*1-4-7-9-10-11-14-22-28-30(25,26)29-23-15-12-13-18-24(17-8-5-2)19-16-21-27-20-6-3;/h3*24H,4-23H2,1-3H3,(H,25,26);/q;;;+3/p-3. The molecule has 0 aromatic rings. The van der Waals surface area contributed by atoms with E-state index in [1.807, 2.05) is 0 Å². The van der Waals surface area contributed by atoms with Gasteiger partial charge in [0.15, 0.2) is 0 Å². The number of phosphoric acid groups is 3. The number of hydrogen-bond acceptors (Lipinski definition) is 15. The molecular formula is C72H150AlO15P3. The van der Waals surface area contributed by atoms with Crippen molar-refractivity contribution in [2.75, 3.05) is 79.3 Å². The van der Waals surface area contributed by atoms with Gasteiger partial charge in [-0.05, 0) is 114 Å². The molecule has 0 aliphatic rings. The van der Waals surface area contributed by atoms with Crippen molar-refractivity contribution < 1.29 is 65.8 Å². The van der Waals surface area contributed by atoms with Gasteiger partial charge in [-0.15, -0.1) is 0 Å². The molecule has 0 aromatic heterocycles. The predicted octanol–water partition coefficient (Wildman–Crippen LogP) is 25.2. The molecule has 91 heavy (non-hydrogen) atoms. The van der Waals surface area contributed by atoms with Gasteiger partial charge < -0.3 is 24.9 Å². The van der Waals surface area contributed by atoms with Crippen LogP contribution in [0, 0.1) is 17.8 Å². The average Bonchev–Trinajstić information content (AvgIpc) is 2.39. The maximum atomic E-state index is 15.3. The van der Waals surface area contributed by atoms with E-state index in [9.17, 15) is 0 Å². The third kappa shape index (κ3) is 60.4. The van der Waals surface area contributed by atoms with Crippen molar-refractivity contribution >= 4 is 38.6 Å². The molecule has 0 spiro atoms. The first-order chi connectivity index (χ1) is 44.4. The lowest BCUT2D eigenvalue weighted by Gasteiger charge is -2.27. The van der Waals surface area contributed by atoms with Gasteiger partial charge in [-0.1, -0.05) is 274 Å². The van der Waals surface area contributed by atoms with Crippen LogP contribution < -0.4 is 0 Å². The number of ether oxygens (including phenoxy) is 3. The quantitative estimate of drug-likeness (QED) is 0.0321. The van der Waals surface area contributed by atoms with Gasteiger partial charge in [-0.2, -0.15) is 0 Å². The SMILES string of the molecule is CCCCCCCCOP(=O)(OCCCCCC(CCCC)CCCOCCC)[O][Al]([O]P(=O)(OCCCCCCCC)OCCCCCC(CCCC)CCCOCCC)[O]P(=O)(OCCCCCCCC)OCCCCCC(CCCC)CCCOCCC. The molecule has 0 aliphatic heterocycles. The summed E-state index contributed by atoms with van der Waals surface area (Å²) in [5.41, 5.74) is 0. The van der Waals surface area contributed by atoms with Crippen molar-refractivity contribution in [1.82, 2.24) is 0 Å². The van der Waals surface area contributed by atoms with Crippen LogP contribution >= 0.6 is 23.5 Å². The lowest BCUT2D eigenvalue weighted by molar-refractivity contribution is 0.0965. The first kappa shape index (κ1) is 91.7. The second-order valence-electron chi connectivity index (χ2n) is 26.1. The van der Waals surface area contributed by atoms with Crippen LogP contribution in [-0.4, -0.2) is 94.4 Å². The highest BCUT2D eigenvalue weighted by molar-refractivity contribution is 7.53. The summed E-state index contributed by atoms with van der Waals surface area (Å²) in [6.45, 7) is 25.2. The number of hydrogen-bond donors (Lipinski definition) is 0. The Bertz CT molecular complexity index is 1440. The maximum absolute atomic E-state index is 15.3. The molecule has 6 unspecified atom stereocenters. The smallest absolute Gasteiger partial charge is 0.381 e. The summed E-state index contributed by atoms with van der Waals surface area (Å²) in [6, 6.07) is 0. The zero-order valence-corrected chi connectivity index (χ0v) is 65.0. The highest BCUT2D eigenvalue weighted by Gasteiger charge is 2.53. The summed E-state index contributed by atoms with van der Waals surface area (Å²) in [6.07, 6.45) is 49.1. The molecule has 0 aromatic carbocycles. The van der Waals surface area contributed by atoms with E-state index in [4.69, 9.17) is 52.1 Å². The van der Waals surface area contributed by atoms with E-state index >= 15 is 13.7 Å². The second-order valence-corrected chi connectivity index (χ2v) is 33.4. The van der Waals surface area contributed by atoms with E-state index in [-0.39, 0.29) is 39.6 Å². The van der Waals surface area contributed by atoms with Crippen molar-refractivity contribution in [2.45, 2.75) is 371 Å². The molecule has 0 N–H and O–H groups in total. The number of unbranched alkanes of at least 4 members (excludes halogenated alkanes) is 24. The molecule has 0 bridgehead atoms. The van der Waals surface area contributed by atoms with Crippen molar-refractivity contribution in [3.8, 4) is 0 Å². The molecule has 0 amide bonds. The summed E-state index contributed by atoms with van der Waals surface area (Å²) in [4.78, 5) is 0. The Morgan fingerprint density at radius 3 is 0.637 bits per heavy atom. The average molecular weight is 1380 g/mol. The summed E-state index contributed by atoms with van der Waals surface area (Å²) in [5.74, 6) is 1.89. The number of phosphoric ester groups is 3. The molecule has 0 fully saturated rings. The van der Waals surface area contributed by atoms with Gasteiger partial charge >= 0.3 is 38.6 Å². The largest absolute Gasteiger partial charge is 0.931 e. The molecular weight excluding hydrogens is 1220 g/mol. The van der Waals surface area contributed by atoms with Crippen LogP contribution in [0.5, 0.6) is 0 Å². The lowest BCUT2D eigenvalue weighted by Crippen LogP contribution is -2.27. The van der Waals surface area contributed by atoms with Crippen molar-refractivity contribution in [3.05, 3.63) is 0 Å². The minimum absolute atomic E-state index is 0.0860. The van der Waals surface area contributed by atoms with E-state index < -0.39 is 38.6 Å². The van der Waals surface area contributed by atoms with Gasteiger partial charge in [0, 0.05) is 39.6 Å². The zero-order chi connectivity index (χ0) is 66.7. The molecule has 0 radical (unpaired) electrons. The predicted molar refractivity (Wildman–Crippen MR) is 383 cm³/mol. The molecule has 0 heterocycles. The molecule has 15 nitrogen and oxygen atoms in total. The van der Waals surface area contributed by atoms with Crippen LogP contribution in [-0.2, 0) is 65.8 Å². The van der Waals surface area contributed by atoms with Crippen LogP contribution in [0.1, 0.15) is 371 Å². The summed E-state index contributed by atoms with van der Waals surface area (Å²) >= 11 is -4.23. The first-order valence-electron chi connectivity index (χ1n) is 38.9. The van der Waals surface area contributed by atoms with Crippen LogP contribution in [0.2, 0.25) is 0 Å². The van der Waals surface area contributed by atoms with E-state index in [1.54, 1.807) is 0 Å². The van der Waals surface area contributed by atoms with Gasteiger partial charge in [0.2, 0.25) is 0 Å². The van der Waals surface area contributed by atoms with Gasteiger partial charge in [-0.3, -0.25) is 27.1 Å². The van der Waals surface area contributed by atoms with Crippen molar-refractivity contribution in [1.29, 1.82) is 0 Å². The minimum Gasteiger partial charge on any atom is -0.381 e. The lowest BCUT2D eigenvalue weighted by atomic mass is 9.91. The van der Waals surface area contributed by atoms with Crippen molar-refractivity contribution in [3.63, 3.8) is 0 Å². The van der Waals surface area contributed by atoms with Crippen LogP contribution in [0.15, 0.2) is 0 Å². The third-order valence-corrected chi connectivity index (χ3v) is 25.2. The monoisotopic (exact) mass is 1380 g/mol. The molecule has 0 aliphatic carbocycles. The molecule has 546 valence electrons. The Balaban J connectivity index is 7.13. The topological polar surface area (TPSA) is 162 Å². The van der Waals surface area contributed by atoms with Gasteiger partial charge in [0.25, 0.3) is 0 Å². The Morgan fingerprint density at radius 2 is 0.407 bits per heavy atom. The van der Waals surface area contributed by atoms with E-state index in [0.717, 1.165) is 252 Å². The summed E-state index contributed by atoms with van der Waals surface area (Å²) < 4.78 is 120. The fourth-order valence-corrected chi connectivity index (χ4v) is 19.3. The Kier molecular flexibility index (Phi) is 69.8. The highest BCUT2D eigenvalue weighted by atomic mass is 31.2.